The Morgan fingerprint density at radius 3 is 1.78 bits per heavy atom. The second-order valence-corrected chi connectivity index (χ2v) is 15.2. The minimum absolute atomic E-state index is 0.0755. The largest absolute Gasteiger partial charge is 0.436 e. The van der Waals surface area contributed by atoms with Crippen molar-refractivity contribution in [2.24, 2.45) is 22.6 Å². The van der Waals surface area contributed by atoms with Gasteiger partial charge in [-0.1, -0.05) is 76.2 Å². The number of guanidine groups is 1. The van der Waals surface area contributed by atoms with Gasteiger partial charge >= 0.3 is 6.09 Å². The summed E-state index contributed by atoms with van der Waals surface area (Å²) in [5.74, 6) is 2.00. The number of aromatic amines is 2. The first-order valence-corrected chi connectivity index (χ1v) is 19.5. The number of likely N-dealkylation sites (tertiary alicyclic amines) is 2. The molecule has 5 heterocycles. The average Bonchev–Trinajstić information content (AvgIpc) is 4.04. The summed E-state index contributed by atoms with van der Waals surface area (Å²) < 4.78 is 5.27. The number of amides is 3. The molecule has 0 saturated carbocycles. The number of nitrogens with zero attached hydrogens (tertiary/aromatic N) is 5. The lowest BCUT2D eigenvalue weighted by atomic mass is 10.00. The molecule has 14 heteroatoms. The van der Waals surface area contributed by atoms with E-state index in [9.17, 15) is 14.4 Å². The Bertz CT molecular complexity index is 2000. The fraction of sp³-hybridized carbons (Fsp3) is 0.463. The third kappa shape index (κ3) is 8.08. The molecule has 14 nitrogen and oxygen atoms in total. The van der Waals surface area contributed by atoms with Crippen LogP contribution in [0.25, 0.3) is 33.6 Å². The molecule has 3 aliphatic heterocycles. The number of nitrogens with one attached hydrogen (secondary N) is 4. The number of rotatable bonds is 12. The summed E-state index contributed by atoms with van der Waals surface area (Å²) in [5.41, 5.74) is 11.2. The van der Waals surface area contributed by atoms with Crippen LogP contribution in [0.1, 0.15) is 83.5 Å². The van der Waals surface area contributed by atoms with Crippen LogP contribution in [0.15, 0.2) is 65.9 Å². The Morgan fingerprint density at radius 2 is 1.33 bits per heavy atom. The van der Waals surface area contributed by atoms with Crippen molar-refractivity contribution in [1.29, 1.82) is 0 Å². The topological polar surface area (TPSA) is 187 Å². The Morgan fingerprint density at radius 1 is 0.818 bits per heavy atom. The van der Waals surface area contributed by atoms with Gasteiger partial charge in [0.25, 0.3) is 5.91 Å². The van der Waals surface area contributed by atoms with Gasteiger partial charge in [-0.05, 0) is 60.3 Å². The van der Waals surface area contributed by atoms with Crippen LogP contribution in [0.3, 0.4) is 0 Å². The summed E-state index contributed by atoms with van der Waals surface area (Å²) in [6.07, 6.45) is 5.86. The fourth-order valence-corrected chi connectivity index (χ4v) is 7.87. The predicted octanol–water partition coefficient (Wildman–Crippen LogP) is 5.54. The van der Waals surface area contributed by atoms with E-state index in [0.29, 0.717) is 37.8 Å². The molecule has 3 amide bonds. The number of primary amides is 1. The first-order valence-electron chi connectivity index (χ1n) is 19.5. The lowest BCUT2D eigenvalue weighted by molar-refractivity contribution is -0.144. The van der Waals surface area contributed by atoms with Crippen LogP contribution in [0.2, 0.25) is 0 Å². The van der Waals surface area contributed by atoms with Gasteiger partial charge in [-0.15, -0.1) is 0 Å². The first kappa shape index (κ1) is 37.6. The second kappa shape index (κ2) is 16.4. The quantitative estimate of drug-likeness (QED) is 0.125. The van der Waals surface area contributed by atoms with E-state index in [1.54, 1.807) is 11.1 Å². The number of benzene rings is 2. The number of carbonyl (C=O) groups is 3. The molecule has 0 radical (unpaired) electrons. The van der Waals surface area contributed by atoms with Gasteiger partial charge in [-0.3, -0.25) is 14.6 Å². The summed E-state index contributed by atoms with van der Waals surface area (Å²) in [7, 11) is 0. The highest BCUT2D eigenvalue weighted by Gasteiger charge is 2.39. The third-order valence-electron chi connectivity index (χ3n) is 11.2. The normalized spacial score (nSPS) is 19.9. The molecular weight excluding hydrogens is 697 g/mol. The van der Waals surface area contributed by atoms with E-state index in [1.807, 2.05) is 24.9 Å². The Hall–Kier alpha value is -5.66. The van der Waals surface area contributed by atoms with Crippen molar-refractivity contribution in [3.63, 3.8) is 0 Å². The first-order chi connectivity index (χ1) is 26.6. The predicted molar refractivity (Wildman–Crippen MR) is 210 cm³/mol. The molecule has 2 fully saturated rings. The van der Waals surface area contributed by atoms with Crippen LogP contribution in [0, 0.1) is 11.8 Å². The zero-order chi connectivity index (χ0) is 38.6. The number of carbonyl (C=O) groups excluding carboxylic acids is 3. The number of hydrogen-bond acceptors (Lipinski definition) is 9. The second-order valence-electron chi connectivity index (χ2n) is 15.2. The van der Waals surface area contributed by atoms with E-state index in [4.69, 9.17) is 15.5 Å². The molecule has 4 aromatic rings. The van der Waals surface area contributed by atoms with Crippen LogP contribution in [0.4, 0.5) is 4.79 Å². The van der Waals surface area contributed by atoms with Crippen molar-refractivity contribution in [3.05, 3.63) is 72.6 Å². The summed E-state index contributed by atoms with van der Waals surface area (Å²) in [6, 6.07) is 16.0. The number of H-pyrrole nitrogens is 2. The van der Waals surface area contributed by atoms with Crippen LogP contribution in [0.5, 0.6) is 0 Å². The standard InChI is InChI=1S/C41H52N10O4/c1-5-25(4)35(55-40(42)54)39(53)51-21-7-9-33(51)37-46-23-31(48-37)29-16-12-27(13-17-29)26-10-14-28(15-11-26)30-22-45-36(47-30)32-8-6-20-50(32)38(52)34(24(2)3)49-41-43-18-19-44-41/h10-17,22-25,32-35H,5-9,18-21H2,1-4H3,(H2,42,54)(H,45,47)(H,46,48)(H2,43,44,49)/t25?,32-,33-,34-,35-/m0/s1. The monoisotopic (exact) mass is 748 g/mol. The maximum Gasteiger partial charge on any atom is 0.405 e. The van der Waals surface area contributed by atoms with Gasteiger partial charge in [-0.2, -0.15) is 0 Å². The summed E-state index contributed by atoms with van der Waals surface area (Å²) in [6.45, 7) is 10.7. The van der Waals surface area contributed by atoms with Crippen molar-refractivity contribution >= 4 is 23.9 Å². The molecule has 55 heavy (non-hydrogen) atoms. The molecule has 2 aromatic heterocycles. The number of nitrogens with two attached hydrogens (primary N) is 1. The van der Waals surface area contributed by atoms with E-state index in [2.05, 4.69) is 93.0 Å². The molecule has 2 saturated heterocycles. The highest BCUT2D eigenvalue weighted by molar-refractivity contribution is 5.90. The van der Waals surface area contributed by atoms with Crippen molar-refractivity contribution in [2.45, 2.75) is 84.0 Å². The van der Waals surface area contributed by atoms with Gasteiger partial charge in [0.05, 0.1) is 42.4 Å². The SMILES string of the molecule is CCC(C)[C@H](OC(N)=O)C(=O)N1CCC[C@H]1c1ncc(-c2ccc(-c3ccc(-c4cnc([C@@H]5CCCN5C(=O)[C@@H](NC5=NCCN5)C(C)C)[nH]4)cc3)cc2)[nH]1. The number of hydrogen-bond donors (Lipinski definition) is 5. The Balaban J connectivity index is 0.997. The number of aromatic nitrogens is 4. The molecule has 0 aliphatic carbocycles. The van der Waals surface area contributed by atoms with Crippen LogP contribution >= 0.6 is 0 Å². The molecule has 2 aromatic carbocycles. The Labute approximate surface area is 321 Å². The van der Waals surface area contributed by atoms with Crippen molar-refractivity contribution in [2.75, 3.05) is 26.2 Å². The number of imidazole rings is 2. The highest BCUT2D eigenvalue weighted by Crippen LogP contribution is 2.35. The highest BCUT2D eigenvalue weighted by atomic mass is 16.6. The van der Waals surface area contributed by atoms with Gasteiger partial charge in [0.2, 0.25) is 5.91 Å². The lowest BCUT2D eigenvalue weighted by Gasteiger charge is -2.30. The van der Waals surface area contributed by atoms with Crippen LogP contribution < -0.4 is 16.4 Å². The van der Waals surface area contributed by atoms with E-state index < -0.39 is 12.2 Å². The van der Waals surface area contributed by atoms with Crippen molar-refractivity contribution in [3.8, 4) is 33.6 Å². The summed E-state index contributed by atoms with van der Waals surface area (Å²) in [5, 5.41) is 6.56. The van der Waals surface area contributed by atoms with E-state index in [-0.39, 0.29) is 41.8 Å². The number of aliphatic imine (C=N–C) groups is 1. The molecule has 7 rings (SSSR count). The average molecular weight is 749 g/mol. The molecule has 3 aliphatic rings. The number of ether oxygens (including phenoxy) is 1. The van der Waals surface area contributed by atoms with Crippen molar-refractivity contribution in [1.82, 2.24) is 40.4 Å². The van der Waals surface area contributed by atoms with E-state index >= 15 is 0 Å². The lowest BCUT2D eigenvalue weighted by Crippen LogP contribution is -2.53. The van der Waals surface area contributed by atoms with Gasteiger partial charge in [0, 0.05) is 25.6 Å². The molecule has 6 N–H and O–H groups in total. The molecule has 1 unspecified atom stereocenters. The minimum Gasteiger partial charge on any atom is -0.436 e. The summed E-state index contributed by atoms with van der Waals surface area (Å²) in [4.78, 5) is 63.4. The minimum atomic E-state index is -0.945. The molecular formula is C41H52N10O4. The molecule has 290 valence electrons. The van der Waals surface area contributed by atoms with Gasteiger partial charge in [0.15, 0.2) is 12.1 Å². The molecule has 5 atom stereocenters. The smallest absolute Gasteiger partial charge is 0.405 e. The van der Waals surface area contributed by atoms with Crippen LogP contribution in [-0.4, -0.2) is 91.9 Å². The zero-order valence-corrected chi connectivity index (χ0v) is 32.0. The van der Waals surface area contributed by atoms with Gasteiger partial charge < -0.3 is 40.9 Å². The third-order valence-corrected chi connectivity index (χ3v) is 11.2. The zero-order valence-electron chi connectivity index (χ0n) is 32.0. The van der Waals surface area contributed by atoms with E-state index in [0.717, 1.165) is 71.7 Å². The maximum atomic E-state index is 13.8. The molecule has 0 spiro atoms. The van der Waals surface area contributed by atoms with Gasteiger partial charge in [0.1, 0.15) is 17.7 Å². The maximum absolute atomic E-state index is 13.8. The van der Waals surface area contributed by atoms with Gasteiger partial charge in [-0.25, -0.2) is 14.8 Å². The van der Waals surface area contributed by atoms with E-state index in [1.165, 1.54) is 0 Å². The Kier molecular flexibility index (Phi) is 11.2. The summed E-state index contributed by atoms with van der Waals surface area (Å²) >= 11 is 0. The fourth-order valence-electron chi connectivity index (χ4n) is 7.87. The van der Waals surface area contributed by atoms with Crippen molar-refractivity contribution < 1.29 is 19.1 Å². The molecule has 0 bridgehead atoms. The van der Waals surface area contributed by atoms with Crippen LogP contribution in [-0.2, 0) is 14.3 Å².